The van der Waals surface area contributed by atoms with Crippen molar-refractivity contribution < 1.29 is 9.13 Å². The van der Waals surface area contributed by atoms with E-state index in [1.54, 1.807) is 13.0 Å². The van der Waals surface area contributed by atoms with Crippen LogP contribution in [0.15, 0.2) is 18.2 Å². The van der Waals surface area contributed by atoms with Gasteiger partial charge in [-0.3, -0.25) is 0 Å². The summed E-state index contributed by atoms with van der Waals surface area (Å²) in [6, 6.07) is 5.32. The van der Waals surface area contributed by atoms with Crippen molar-refractivity contribution in [2.75, 3.05) is 6.54 Å². The number of rotatable bonds is 4. The molecule has 1 aromatic rings. The minimum absolute atomic E-state index is 0.130. The maximum Gasteiger partial charge on any atom is 0.126 e. The molecule has 2 nitrogen and oxygen atoms in total. The van der Waals surface area contributed by atoms with Gasteiger partial charge in [0, 0.05) is 6.54 Å². The summed E-state index contributed by atoms with van der Waals surface area (Å²) in [6.07, 6.45) is 4.69. The fraction of sp³-hybridized carbons (Fsp3) is 0.571. The predicted molar refractivity (Wildman–Crippen MR) is 66.4 cm³/mol. The zero-order chi connectivity index (χ0) is 12.3. The van der Waals surface area contributed by atoms with Crippen LogP contribution in [0.1, 0.15) is 30.4 Å². The summed E-state index contributed by atoms with van der Waals surface area (Å²) < 4.78 is 18.9. The van der Waals surface area contributed by atoms with E-state index in [0.717, 1.165) is 31.2 Å². The van der Waals surface area contributed by atoms with Crippen molar-refractivity contribution in [3.63, 3.8) is 0 Å². The Balaban J connectivity index is 1.84. The summed E-state index contributed by atoms with van der Waals surface area (Å²) in [5.74, 6) is -0.130. The molecular weight excluding hydrogens is 217 g/mol. The molecule has 2 N–H and O–H groups in total. The van der Waals surface area contributed by atoms with Gasteiger partial charge in [-0.1, -0.05) is 12.1 Å². The SMILES string of the molecule is Cc1cc(CCC2CCC(CN)O2)ccc1F. The highest BCUT2D eigenvalue weighted by atomic mass is 19.1. The van der Waals surface area contributed by atoms with Crippen LogP contribution in [0.4, 0.5) is 4.39 Å². The number of hydrogen-bond donors (Lipinski definition) is 1. The van der Waals surface area contributed by atoms with E-state index in [0.29, 0.717) is 12.6 Å². The van der Waals surface area contributed by atoms with E-state index in [1.165, 1.54) is 5.56 Å². The van der Waals surface area contributed by atoms with Crippen LogP contribution in [0.3, 0.4) is 0 Å². The van der Waals surface area contributed by atoms with Crippen molar-refractivity contribution in [2.24, 2.45) is 5.73 Å². The molecule has 17 heavy (non-hydrogen) atoms. The number of aryl methyl sites for hydroxylation is 2. The highest BCUT2D eigenvalue weighted by Crippen LogP contribution is 2.23. The Morgan fingerprint density at radius 2 is 2.12 bits per heavy atom. The van der Waals surface area contributed by atoms with Crippen LogP contribution in [0.25, 0.3) is 0 Å². The third-order valence-corrected chi connectivity index (χ3v) is 3.44. The van der Waals surface area contributed by atoms with Crippen LogP contribution < -0.4 is 5.73 Å². The van der Waals surface area contributed by atoms with E-state index in [1.807, 2.05) is 12.1 Å². The summed E-state index contributed by atoms with van der Waals surface area (Å²) in [6.45, 7) is 2.42. The molecule has 1 fully saturated rings. The first-order valence-electron chi connectivity index (χ1n) is 6.29. The Morgan fingerprint density at radius 1 is 1.35 bits per heavy atom. The van der Waals surface area contributed by atoms with Gasteiger partial charge in [0.1, 0.15) is 5.82 Å². The largest absolute Gasteiger partial charge is 0.374 e. The molecule has 1 aromatic carbocycles. The number of halogens is 1. The molecule has 3 heteroatoms. The van der Waals surface area contributed by atoms with Gasteiger partial charge in [0.15, 0.2) is 0 Å². The summed E-state index contributed by atoms with van der Waals surface area (Å²) in [5.41, 5.74) is 7.47. The molecule has 0 aromatic heterocycles. The normalized spacial score (nSPS) is 24.2. The minimum Gasteiger partial charge on any atom is -0.374 e. The smallest absolute Gasteiger partial charge is 0.126 e. The summed E-state index contributed by atoms with van der Waals surface area (Å²) in [7, 11) is 0. The van der Waals surface area contributed by atoms with Crippen LogP contribution in [0.2, 0.25) is 0 Å². The molecule has 0 spiro atoms. The molecule has 1 saturated heterocycles. The molecule has 0 saturated carbocycles. The standard InChI is InChI=1S/C14H20FNO/c1-10-8-11(3-7-14(10)15)2-4-12-5-6-13(9-16)17-12/h3,7-8,12-13H,2,4-6,9,16H2,1H3. The van der Waals surface area contributed by atoms with Gasteiger partial charge < -0.3 is 10.5 Å². The highest BCUT2D eigenvalue weighted by Gasteiger charge is 2.23. The van der Waals surface area contributed by atoms with Crippen LogP contribution in [-0.4, -0.2) is 18.8 Å². The molecule has 0 radical (unpaired) electrons. The van der Waals surface area contributed by atoms with Gasteiger partial charge in [-0.2, -0.15) is 0 Å². The minimum atomic E-state index is -0.130. The van der Waals surface area contributed by atoms with Crippen molar-refractivity contribution in [3.8, 4) is 0 Å². The maximum atomic E-state index is 13.1. The van der Waals surface area contributed by atoms with E-state index in [2.05, 4.69) is 0 Å². The molecule has 0 aliphatic carbocycles. The lowest BCUT2D eigenvalue weighted by Crippen LogP contribution is -2.20. The summed E-state index contributed by atoms with van der Waals surface area (Å²) in [5, 5.41) is 0. The first-order chi connectivity index (χ1) is 8.19. The van der Waals surface area contributed by atoms with E-state index in [-0.39, 0.29) is 11.9 Å². The van der Waals surface area contributed by atoms with Gasteiger partial charge in [0.25, 0.3) is 0 Å². The van der Waals surface area contributed by atoms with Gasteiger partial charge in [0.2, 0.25) is 0 Å². The van der Waals surface area contributed by atoms with E-state index in [9.17, 15) is 4.39 Å². The average molecular weight is 237 g/mol. The van der Waals surface area contributed by atoms with Crippen molar-refractivity contribution >= 4 is 0 Å². The second kappa shape index (κ2) is 5.61. The Kier molecular flexibility index (Phi) is 4.13. The quantitative estimate of drug-likeness (QED) is 0.873. The lowest BCUT2D eigenvalue weighted by molar-refractivity contribution is 0.0458. The average Bonchev–Trinajstić information content (AvgIpc) is 2.79. The molecule has 2 unspecified atom stereocenters. The van der Waals surface area contributed by atoms with Gasteiger partial charge in [-0.15, -0.1) is 0 Å². The van der Waals surface area contributed by atoms with E-state index >= 15 is 0 Å². The third-order valence-electron chi connectivity index (χ3n) is 3.44. The fourth-order valence-corrected chi connectivity index (χ4v) is 2.36. The second-order valence-corrected chi connectivity index (χ2v) is 4.82. The van der Waals surface area contributed by atoms with Gasteiger partial charge >= 0.3 is 0 Å². The zero-order valence-electron chi connectivity index (χ0n) is 10.3. The van der Waals surface area contributed by atoms with Gasteiger partial charge in [-0.05, 0) is 49.8 Å². The Labute approximate surface area is 102 Å². The van der Waals surface area contributed by atoms with Crippen molar-refractivity contribution in [2.45, 2.75) is 44.8 Å². The molecule has 1 aliphatic rings. The van der Waals surface area contributed by atoms with Crippen LogP contribution in [0.5, 0.6) is 0 Å². The Bertz CT molecular complexity index is 380. The molecule has 0 bridgehead atoms. The fourth-order valence-electron chi connectivity index (χ4n) is 2.36. The molecular formula is C14H20FNO. The monoisotopic (exact) mass is 237 g/mol. The molecule has 2 rings (SSSR count). The predicted octanol–water partition coefficient (Wildman–Crippen LogP) is 2.57. The zero-order valence-corrected chi connectivity index (χ0v) is 10.3. The highest BCUT2D eigenvalue weighted by molar-refractivity contribution is 5.24. The van der Waals surface area contributed by atoms with Gasteiger partial charge in [0.05, 0.1) is 12.2 Å². The number of hydrogen-bond acceptors (Lipinski definition) is 2. The van der Waals surface area contributed by atoms with Crippen molar-refractivity contribution in [1.82, 2.24) is 0 Å². The first kappa shape index (κ1) is 12.5. The lowest BCUT2D eigenvalue weighted by Gasteiger charge is -2.12. The first-order valence-corrected chi connectivity index (χ1v) is 6.29. The molecule has 1 aliphatic heterocycles. The molecule has 0 amide bonds. The van der Waals surface area contributed by atoms with Crippen LogP contribution >= 0.6 is 0 Å². The van der Waals surface area contributed by atoms with Crippen LogP contribution in [0, 0.1) is 12.7 Å². The molecule has 2 atom stereocenters. The van der Waals surface area contributed by atoms with Crippen molar-refractivity contribution in [3.05, 3.63) is 35.1 Å². The van der Waals surface area contributed by atoms with Crippen molar-refractivity contribution in [1.29, 1.82) is 0 Å². The van der Waals surface area contributed by atoms with Gasteiger partial charge in [-0.25, -0.2) is 4.39 Å². The maximum absolute atomic E-state index is 13.1. The number of ether oxygens (including phenoxy) is 1. The second-order valence-electron chi connectivity index (χ2n) is 4.82. The third kappa shape index (κ3) is 3.27. The number of nitrogens with two attached hydrogens (primary N) is 1. The number of benzene rings is 1. The van der Waals surface area contributed by atoms with E-state index < -0.39 is 0 Å². The van der Waals surface area contributed by atoms with E-state index in [4.69, 9.17) is 10.5 Å². The Morgan fingerprint density at radius 3 is 2.76 bits per heavy atom. The summed E-state index contributed by atoms with van der Waals surface area (Å²) >= 11 is 0. The molecule has 1 heterocycles. The Hall–Kier alpha value is -0.930. The topological polar surface area (TPSA) is 35.2 Å². The lowest BCUT2D eigenvalue weighted by atomic mass is 10.0. The van der Waals surface area contributed by atoms with Crippen LogP contribution in [-0.2, 0) is 11.2 Å². The summed E-state index contributed by atoms with van der Waals surface area (Å²) in [4.78, 5) is 0. The molecule has 94 valence electrons.